The zero-order chi connectivity index (χ0) is 11.5. The normalized spacial score (nSPS) is 25.1. The van der Waals surface area contributed by atoms with Gasteiger partial charge in [0.25, 0.3) is 0 Å². The van der Waals surface area contributed by atoms with Gasteiger partial charge < -0.3 is 5.32 Å². The van der Waals surface area contributed by atoms with Crippen LogP contribution in [-0.2, 0) is 0 Å². The van der Waals surface area contributed by atoms with Gasteiger partial charge in [0.05, 0.1) is 17.9 Å². The number of pyridine rings is 1. The highest BCUT2D eigenvalue weighted by Gasteiger charge is 2.19. The lowest BCUT2D eigenvalue weighted by Crippen LogP contribution is -2.25. The van der Waals surface area contributed by atoms with E-state index in [-0.39, 0.29) is 0 Å². The SMILES string of the molecule is Cc1cncc(NC2=NC(C)C(C)CS2)c1. The Hall–Kier alpha value is -1.03. The summed E-state index contributed by atoms with van der Waals surface area (Å²) in [4.78, 5) is 8.79. The predicted molar refractivity (Wildman–Crippen MR) is 71.1 cm³/mol. The summed E-state index contributed by atoms with van der Waals surface area (Å²) in [6.45, 7) is 6.45. The van der Waals surface area contributed by atoms with Gasteiger partial charge in [-0.05, 0) is 31.4 Å². The predicted octanol–water partition coefficient (Wildman–Crippen LogP) is 2.93. The number of thioether (sulfide) groups is 1. The Morgan fingerprint density at radius 3 is 2.88 bits per heavy atom. The molecule has 0 radical (unpaired) electrons. The summed E-state index contributed by atoms with van der Waals surface area (Å²) in [5, 5.41) is 4.34. The Kier molecular flexibility index (Phi) is 3.49. The lowest BCUT2D eigenvalue weighted by Gasteiger charge is -2.23. The van der Waals surface area contributed by atoms with Gasteiger partial charge in [-0.1, -0.05) is 18.7 Å². The molecule has 0 aromatic carbocycles. The molecule has 2 atom stereocenters. The van der Waals surface area contributed by atoms with Crippen LogP contribution in [0.15, 0.2) is 23.5 Å². The van der Waals surface area contributed by atoms with Gasteiger partial charge in [-0.3, -0.25) is 9.98 Å². The van der Waals surface area contributed by atoms with Crippen molar-refractivity contribution < 1.29 is 0 Å². The zero-order valence-electron chi connectivity index (χ0n) is 9.90. The quantitative estimate of drug-likeness (QED) is 0.813. The molecular formula is C12H17N3S. The number of nitrogens with zero attached hydrogens (tertiary/aromatic N) is 2. The van der Waals surface area contributed by atoms with Gasteiger partial charge in [0.1, 0.15) is 0 Å². The highest BCUT2D eigenvalue weighted by molar-refractivity contribution is 8.14. The van der Waals surface area contributed by atoms with Crippen molar-refractivity contribution in [2.45, 2.75) is 26.8 Å². The van der Waals surface area contributed by atoms with Crippen LogP contribution in [0.4, 0.5) is 5.69 Å². The van der Waals surface area contributed by atoms with Crippen LogP contribution in [0.1, 0.15) is 19.4 Å². The smallest absolute Gasteiger partial charge is 0.161 e. The summed E-state index contributed by atoms with van der Waals surface area (Å²) >= 11 is 1.79. The summed E-state index contributed by atoms with van der Waals surface area (Å²) in [5.41, 5.74) is 2.18. The van der Waals surface area contributed by atoms with E-state index in [0.717, 1.165) is 22.2 Å². The molecule has 2 heterocycles. The maximum absolute atomic E-state index is 4.63. The maximum Gasteiger partial charge on any atom is 0.161 e. The Morgan fingerprint density at radius 1 is 1.38 bits per heavy atom. The molecule has 0 aliphatic carbocycles. The van der Waals surface area contributed by atoms with Crippen molar-refractivity contribution >= 4 is 22.6 Å². The number of nitrogens with one attached hydrogen (secondary N) is 1. The largest absolute Gasteiger partial charge is 0.334 e. The van der Waals surface area contributed by atoms with Crippen molar-refractivity contribution in [3.63, 3.8) is 0 Å². The molecular weight excluding hydrogens is 218 g/mol. The number of rotatable bonds is 1. The van der Waals surface area contributed by atoms with Gasteiger partial charge in [-0.25, -0.2) is 0 Å². The molecule has 4 heteroatoms. The molecule has 0 saturated heterocycles. The first-order valence-electron chi connectivity index (χ1n) is 5.54. The lowest BCUT2D eigenvalue weighted by atomic mass is 10.1. The molecule has 1 aromatic heterocycles. The number of hydrogen-bond donors (Lipinski definition) is 1. The van der Waals surface area contributed by atoms with Gasteiger partial charge >= 0.3 is 0 Å². The summed E-state index contributed by atoms with van der Waals surface area (Å²) in [6.07, 6.45) is 3.69. The highest BCUT2D eigenvalue weighted by Crippen LogP contribution is 2.23. The number of amidine groups is 1. The topological polar surface area (TPSA) is 37.3 Å². The Balaban J connectivity index is 2.08. The number of aromatic nitrogens is 1. The van der Waals surface area contributed by atoms with Crippen molar-refractivity contribution in [1.82, 2.24) is 4.98 Å². The Bertz CT molecular complexity index is 403. The third-order valence-corrected chi connectivity index (χ3v) is 3.93. The summed E-state index contributed by atoms with van der Waals surface area (Å²) in [6, 6.07) is 2.49. The van der Waals surface area contributed by atoms with E-state index in [4.69, 9.17) is 0 Å². The van der Waals surface area contributed by atoms with E-state index < -0.39 is 0 Å². The third-order valence-electron chi connectivity index (χ3n) is 2.75. The maximum atomic E-state index is 4.63. The minimum absolute atomic E-state index is 0.404. The van der Waals surface area contributed by atoms with E-state index in [1.807, 2.05) is 19.3 Å². The molecule has 1 aliphatic heterocycles. The van der Waals surface area contributed by atoms with Crippen molar-refractivity contribution in [3.8, 4) is 0 Å². The fourth-order valence-electron chi connectivity index (χ4n) is 1.51. The van der Waals surface area contributed by atoms with Crippen molar-refractivity contribution in [2.24, 2.45) is 10.9 Å². The average molecular weight is 235 g/mol. The van der Waals surface area contributed by atoms with Gasteiger partial charge in [-0.2, -0.15) is 0 Å². The van der Waals surface area contributed by atoms with Crippen LogP contribution in [-0.4, -0.2) is 21.9 Å². The van der Waals surface area contributed by atoms with Crippen LogP contribution in [0.5, 0.6) is 0 Å². The first kappa shape index (κ1) is 11.5. The van der Waals surface area contributed by atoms with Crippen molar-refractivity contribution in [2.75, 3.05) is 11.1 Å². The molecule has 0 fully saturated rings. The second kappa shape index (κ2) is 4.87. The van der Waals surface area contributed by atoms with E-state index in [2.05, 4.69) is 35.2 Å². The van der Waals surface area contributed by atoms with Crippen molar-refractivity contribution in [1.29, 1.82) is 0 Å². The standard InChI is InChI=1S/C12H17N3S/c1-8-4-11(6-13-5-8)15-12-14-10(3)9(2)7-16-12/h4-6,9-10H,7H2,1-3H3,(H,14,15). The third kappa shape index (κ3) is 2.76. The second-order valence-corrected chi connectivity index (χ2v) is 5.35. The zero-order valence-corrected chi connectivity index (χ0v) is 10.7. The van der Waals surface area contributed by atoms with E-state index >= 15 is 0 Å². The van der Waals surface area contributed by atoms with Crippen molar-refractivity contribution in [3.05, 3.63) is 24.0 Å². The number of aliphatic imine (C=N–C) groups is 1. The first-order chi connectivity index (χ1) is 7.65. The number of anilines is 1. The van der Waals surface area contributed by atoms with Gasteiger partial charge in [0, 0.05) is 11.9 Å². The van der Waals surface area contributed by atoms with Crippen LogP contribution in [0, 0.1) is 12.8 Å². The minimum Gasteiger partial charge on any atom is -0.334 e. The van der Waals surface area contributed by atoms with E-state index in [0.29, 0.717) is 12.0 Å². The summed E-state index contributed by atoms with van der Waals surface area (Å²) in [5.74, 6) is 1.79. The molecule has 1 N–H and O–H groups in total. The molecule has 0 amide bonds. The van der Waals surface area contributed by atoms with Crippen LogP contribution in [0.3, 0.4) is 0 Å². The molecule has 16 heavy (non-hydrogen) atoms. The van der Waals surface area contributed by atoms with Crippen LogP contribution in [0.25, 0.3) is 0 Å². The molecule has 2 rings (SSSR count). The molecule has 0 spiro atoms. The molecule has 3 nitrogen and oxygen atoms in total. The van der Waals surface area contributed by atoms with Gasteiger partial charge in [0.2, 0.25) is 0 Å². The van der Waals surface area contributed by atoms with Crippen LogP contribution >= 0.6 is 11.8 Å². The molecule has 86 valence electrons. The van der Waals surface area contributed by atoms with Crippen LogP contribution < -0.4 is 5.32 Å². The highest BCUT2D eigenvalue weighted by atomic mass is 32.2. The minimum atomic E-state index is 0.404. The average Bonchev–Trinajstić information content (AvgIpc) is 2.24. The van der Waals surface area contributed by atoms with Crippen LogP contribution in [0.2, 0.25) is 0 Å². The monoisotopic (exact) mass is 235 g/mol. The Morgan fingerprint density at radius 2 is 2.19 bits per heavy atom. The lowest BCUT2D eigenvalue weighted by molar-refractivity contribution is 0.537. The molecule has 2 unspecified atom stereocenters. The molecule has 1 aromatic rings. The molecule has 0 bridgehead atoms. The fraction of sp³-hybridized carbons (Fsp3) is 0.500. The fourth-order valence-corrected chi connectivity index (χ4v) is 2.64. The first-order valence-corrected chi connectivity index (χ1v) is 6.53. The van der Waals surface area contributed by atoms with Gasteiger partial charge in [0.15, 0.2) is 5.17 Å². The van der Waals surface area contributed by atoms with Gasteiger partial charge in [-0.15, -0.1) is 0 Å². The number of aryl methyl sites for hydroxylation is 1. The van der Waals surface area contributed by atoms with E-state index in [1.165, 1.54) is 0 Å². The number of hydrogen-bond acceptors (Lipinski definition) is 4. The Labute approximate surface area is 101 Å². The summed E-state index contributed by atoms with van der Waals surface area (Å²) in [7, 11) is 0. The second-order valence-electron chi connectivity index (χ2n) is 4.34. The molecule has 1 aliphatic rings. The summed E-state index contributed by atoms with van der Waals surface area (Å²) < 4.78 is 0. The van der Waals surface area contributed by atoms with E-state index in [9.17, 15) is 0 Å². The van der Waals surface area contributed by atoms with E-state index in [1.54, 1.807) is 11.8 Å². The molecule has 0 saturated carbocycles.